The van der Waals surface area contributed by atoms with Gasteiger partial charge in [0.2, 0.25) is 0 Å². The highest BCUT2D eigenvalue weighted by Crippen LogP contribution is 2.01. The first-order chi connectivity index (χ1) is 4.79. The van der Waals surface area contributed by atoms with E-state index in [1.807, 2.05) is 12.1 Å². The molecule has 0 aliphatic carbocycles. The molecule has 10 heavy (non-hydrogen) atoms. The van der Waals surface area contributed by atoms with Crippen LogP contribution in [-0.2, 0) is 0 Å². The summed E-state index contributed by atoms with van der Waals surface area (Å²) in [6.45, 7) is 4.24. The summed E-state index contributed by atoms with van der Waals surface area (Å²) in [5.74, 6) is 0.566. The molecule has 54 valence electrons. The third-order valence-corrected chi connectivity index (χ3v) is 1.11. The van der Waals surface area contributed by atoms with Gasteiger partial charge in [0.15, 0.2) is 0 Å². The summed E-state index contributed by atoms with van der Waals surface area (Å²) < 4.78 is 4.65. The van der Waals surface area contributed by atoms with Crippen LogP contribution < -0.4 is 0 Å². The molecule has 0 unspecified atom stereocenters. The lowest BCUT2D eigenvalue weighted by atomic mass is 10.2. The molecule has 0 atom stereocenters. The lowest BCUT2D eigenvalue weighted by Gasteiger charge is -1.89. The molecular formula is C8H11NO. The fourth-order valence-electron chi connectivity index (χ4n) is 0.599. The molecule has 0 saturated carbocycles. The number of hydrogen-bond donors (Lipinski definition) is 0. The molecule has 0 amide bonds. The van der Waals surface area contributed by atoms with Crippen molar-refractivity contribution < 1.29 is 4.52 Å². The van der Waals surface area contributed by atoms with Crippen LogP contribution in [-0.4, -0.2) is 5.16 Å². The van der Waals surface area contributed by atoms with E-state index in [9.17, 15) is 0 Å². The Hall–Kier alpha value is -1.05. The van der Waals surface area contributed by atoms with Crippen LogP contribution in [0.5, 0.6) is 0 Å². The second-order valence-corrected chi connectivity index (χ2v) is 2.53. The van der Waals surface area contributed by atoms with Crippen molar-refractivity contribution in [1.29, 1.82) is 0 Å². The van der Waals surface area contributed by atoms with Crippen LogP contribution in [0, 0.1) is 5.92 Å². The van der Waals surface area contributed by atoms with Gasteiger partial charge >= 0.3 is 0 Å². The van der Waals surface area contributed by atoms with Gasteiger partial charge in [-0.15, -0.1) is 0 Å². The molecule has 1 rings (SSSR count). The van der Waals surface area contributed by atoms with Crippen LogP contribution in [0.2, 0.25) is 0 Å². The highest BCUT2D eigenvalue weighted by molar-refractivity contribution is 5.42. The van der Waals surface area contributed by atoms with E-state index >= 15 is 0 Å². The molecule has 0 bridgehead atoms. The Morgan fingerprint density at radius 1 is 1.60 bits per heavy atom. The van der Waals surface area contributed by atoms with E-state index in [2.05, 4.69) is 29.6 Å². The Labute approximate surface area is 60.5 Å². The molecule has 1 aromatic heterocycles. The van der Waals surface area contributed by atoms with E-state index in [-0.39, 0.29) is 0 Å². The Kier molecular flexibility index (Phi) is 2.26. The Morgan fingerprint density at radius 3 is 2.90 bits per heavy atom. The van der Waals surface area contributed by atoms with E-state index in [1.165, 1.54) is 0 Å². The number of hydrogen-bond acceptors (Lipinski definition) is 2. The Morgan fingerprint density at radius 2 is 2.40 bits per heavy atom. The minimum Gasteiger partial charge on any atom is -0.364 e. The summed E-state index contributed by atoms with van der Waals surface area (Å²) in [6, 6.07) is 1.83. The summed E-state index contributed by atoms with van der Waals surface area (Å²) in [4.78, 5) is 0. The van der Waals surface area contributed by atoms with Gasteiger partial charge in [0.25, 0.3) is 0 Å². The van der Waals surface area contributed by atoms with Gasteiger partial charge in [-0.1, -0.05) is 25.1 Å². The van der Waals surface area contributed by atoms with Gasteiger partial charge in [0.1, 0.15) is 12.0 Å². The maximum absolute atomic E-state index is 4.65. The van der Waals surface area contributed by atoms with E-state index in [4.69, 9.17) is 0 Å². The standard InChI is InChI=1S/C8H11NO/c1-7(2)3-4-8-5-6-10-9-8/h3-7H,1-2H3. The van der Waals surface area contributed by atoms with Crippen molar-refractivity contribution in [2.24, 2.45) is 5.92 Å². The number of allylic oxidation sites excluding steroid dienone is 1. The molecule has 1 aromatic rings. The third kappa shape index (κ3) is 2.05. The van der Waals surface area contributed by atoms with Crippen LogP contribution in [0.15, 0.2) is 22.9 Å². The molecule has 0 saturated heterocycles. The second-order valence-electron chi connectivity index (χ2n) is 2.53. The molecule has 0 aromatic carbocycles. The number of aromatic nitrogens is 1. The van der Waals surface area contributed by atoms with Crippen LogP contribution in [0.1, 0.15) is 19.5 Å². The first-order valence-electron chi connectivity index (χ1n) is 3.37. The first kappa shape index (κ1) is 7.06. The molecule has 0 radical (unpaired) electrons. The van der Waals surface area contributed by atoms with Gasteiger partial charge in [-0.25, -0.2) is 0 Å². The topological polar surface area (TPSA) is 26.0 Å². The number of rotatable bonds is 2. The minimum absolute atomic E-state index is 0.566. The van der Waals surface area contributed by atoms with Crippen molar-refractivity contribution in [3.05, 3.63) is 24.1 Å². The molecule has 2 nitrogen and oxygen atoms in total. The van der Waals surface area contributed by atoms with Crippen LogP contribution in [0.3, 0.4) is 0 Å². The van der Waals surface area contributed by atoms with Gasteiger partial charge in [-0.05, 0) is 12.0 Å². The van der Waals surface area contributed by atoms with Crippen molar-refractivity contribution in [3.8, 4) is 0 Å². The molecule has 0 fully saturated rings. The predicted molar refractivity (Wildman–Crippen MR) is 40.4 cm³/mol. The van der Waals surface area contributed by atoms with Gasteiger partial charge < -0.3 is 4.52 Å². The molecule has 1 heterocycles. The minimum atomic E-state index is 0.566. The van der Waals surface area contributed by atoms with Crippen molar-refractivity contribution in [1.82, 2.24) is 5.16 Å². The summed E-state index contributed by atoms with van der Waals surface area (Å²) in [6.07, 6.45) is 5.60. The molecule has 0 aliphatic heterocycles. The SMILES string of the molecule is CC(C)C=Cc1ccon1. The highest BCUT2D eigenvalue weighted by atomic mass is 16.5. The number of nitrogens with zero attached hydrogens (tertiary/aromatic N) is 1. The van der Waals surface area contributed by atoms with E-state index in [0.717, 1.165) is 5.69 Å². The molecule has 2 heteroatoms. The summed E-state index contributed by atoms with van der Waals surface area (Å²) in [5, 5.41) is 3.73. The monoisotopic (exact) mass is 137 g/mol. The summed E-state index contributed by atoms with van der Waals surface area (Å²) in [5.41, 5.74) is 0.883. The fraction of sp³-hybridized carbons (Fsp3) is 0.375. The summed E-state index contributed by atoms with van der Waals surface area (Å²) in [7, 11) is 0. The zero-order chi connectivity index (χ0) is 7.40. The quantitative estimate of drug-likeness (QED) is 0.625. The van der Waals surface area contributed by atoms with Crippen molar-refractivity contribution in [2.45, 2.75) is 13.8 Å². The Bertz CT molecular complexity index is 199. The predicted octanol–water partition coefficient (Wildman–Crippen LogP) is 2.34. The normalized spacial score (nSPS) is 11.5. The van der Waals surface area contributed by atoms with Crippen molar-refractivity contribution >= 4 is 6.08 Å². The molecule has 0 spiro atoms. The van der Waals surface area contributed by atoms with Crippen LogP contribution in [0.25, 0.3) is 6.08 Å². The highest BCUT2D eigenvalue weighted by Gasteiger charge is 1.88. The zero-order valence-electron chi connectivity index (χ0n) is 6.24. The van der Waals surface area contributed by atoms with Crippen molar-refractivity contribution in [3.63, 3.8) is 0 Å². The smallest absolute Gasteiger partial charge is 0.124 e. The maximum atomic E-state index is 4.65. The van der Waals surface area contributed by atoms with Gasteiger partial charge in [0.05, 0.1) is 0 Å². The van der Waals surface area contributed by atoms with Gasteiger partial charge in [-0.3, -0.25) is 0 Å². The van der Waals surface area contributed by atoms with Crippen molar-refractivity contribution in [2.75, 3.05) is 0 Å². The lowest BCUT2D eigenvalue weighted by molar-refractivity contribution is 0.418. The van der Waals surface area contributed by atoms with E-state index in [0.29, 0.717) is 5.92 Å². The fourth-order valence-corrected chi connectivity index (χ4v) is 0.599. The second kappa shape index (κ2) is 3.20. The van der Waals surface area contributed by atoms with Gasteiger partial charge in [0, 0.05) is 6.07 Å². The lowest BCUT2D eigenvalue weighted by Crippen LogP contribution is -1.76. The Balaban J connectivity index is 2.55. The third-order valence-electron chi connectivity index (χ3n) is 1.11. The van der Waals surface area contributed by atoms with Gasteiger partial charge in [-0.2, -0.15) is 0 Å². The first-order valence-corrected chi connectivity index (χ1v) is 3.37. The zero-order valence-corrected chi connectivity index (χ0v) is 6.24. The van der Waals surface area contributed by atoms with E-state index in [1.54, 1.807) is 6.26 Å². The summed E-state index contributed by atoms with van der Waals surface area (Å²) >= 11 is 0. The van der Waals surface area contributed by atoms with Crippen LogP contribution in [0.4, 0.5) is 0 Å². The van der Waals surface area contributed by atoms with E-state index < -0.39 is 0 Å². The average Bonchev–Trinajstić information content (AvgIpc) is 2.34. The molecule has 0 aliphatic rings. The molecular weight excluding hydrogens is 126 g/mol. The largest absolute Gasteiger partial charge is 0.364 e. The molecule has 0 N–H and O–H groups in total. The van der Waals surface area contributed by atoms with Crippen LogP contribution >= 0.6 is 0 Å². The maximum Gasteiger partial charge on any atom is 0.124 e. The average molecular weight is 137 g/mol.